The van der Waals surface area contributed by atoms with E-state index in [0.29, 0.717) is 44.5 Å². The highest BCUT2D eigenvalue weighted by Crippen LogP contribution is 2.37. The van der Waals surface area contributed by atoms with Crippen LogP contribution in [0.2, 0.25) is 0 Å². The fraction of sp³-hybridized carbons (Fsp3) is 0.452. The van der Waals surface area contributed by atoms with Crippen molar-refractivity contribution in [3.63, 3.8) is 0 Å². The third-order valence-electron chi connectivity index (χ3n) is 12.3. The van der Waals surface area contributed by atoms with Gasteiger partial charge < -0.3 is 78.0 Å². The van der Waals surface area contributed by atoms with Gasteiger partial charge in [0.05, 0.1) is 48.1 Å². The van der Waals surface area contributed by atoms with E-state index in [1.807, 2.05) is 12.1 Å². The van der Waals surface area contributed by atoms with Crippen LogP contribution in [0.1, 0.15) is 173 Å². The van der Waals surface area contributed by atoms with Crippen LogP contribution in [0.25, 0.3) is 10.2 Å². The predicted octanol–water partition coefficient (Wildman–Crippen LogP) is 7.14. The third-order valence-corrected chi connectivity index (χ3v) is 13.9. The van der Waals surface area contributed by atoms with E-state index in [4.69, 9.17) is 46.9 Å². The van der Waals surface area contributed by atoms with Crippen LogP contribution in [0.4, 0.5) is 25.9 Å². The minimum Gasteiger partial charge on any atom is -0.444 e. The summed E-state index contributed by atoms with van der Waals surface area (Å²) in [4.78, 5) is 81.3. The molecule has 0 saturated carbocycles. The quantitative estimate of drug-likeness (QED) is 0.0301. The van der Waals surface area contributed by atoms with Gasteiger partial charge in [-0.25, -0.2) is 39.3 Å². The number of anilines is 2. The van der Waals surface area contributed by atoms with Crippen LogP contribution in [-0.4, -0.2) is 138 Å². The Labute approximate surface area is 541 Å². The SMILES string of the molecule is CC(C)(C)OC(=O)NCC(O)c1cccc(Br)n1.CC(C)(C)OC(=O)NCC(O)c1cccc(C#N)n1.CC(C)(C)OC(=O)NCC(O)c1cccc(C(N)=O)n1.CCCc1cc(N2CCC(NCC(O)c3cccc(C#N)n3)CC2)nc2sc(C(N)=O)c(N)c12. The average molecular weight is 1340 g/mol. The number of nitrogen functional groups attached to an aromatic ring is 1. The molecule has 0 spiro atoms. The molecule has 0 bridgehead atoms. The molecule has 7 heterocycles. The van der Waals surface area contributed by atoms with E-state index >= 15 is 0 Å². The molecule has 4 unspecified atom stereocenters. The molecule has 0 aromatic carbocycles. The molecule has 1 saturated heterocycles. The second kappa shape index (κ2) is 35.1. The Bertz CT molecular complexity index is 3500. The second-order valence-corrected chi connectivity index (χ2v) is 25.3. The van der Waals surface area contributed by atoms with Gasteiger partial charge in [0.15, 0.2) is 0 Å². The number of aliphatic hydroxyl groups is 4. The lowest BCUT2D eigenvalue weighted by molar-refractivity contribution is 0.0481. The highest BCUT2D eigenvalue weighted by molar-refractivity contribution is 9.10. The molecule has 29 heteroatoms. The van der Waals surface area contributed by atoms with Crippen LogP contribution in [0.5, 0.6) is 0 Å². The van der Waals surface area contributed by atoms with Gasteiger partial charge >= 0.3 is 18.3 Å². The van der Waals surface area contributed by atoms with Crippen molar-refractivity contribution in [2.45, 2.75) is 142 Å². The maximum Gasteiger partial charge on any atom is 0.407 e. The number of nitrogens with two attached hydrogens (primary N) is 3. The Morgan fingerprint density at radius 3 is 1.46 bits per heavy atom. The van der Waals surface area contributed by atoms with Crippen molar-refractivity contribution in [3.05, 3.63) is 134 Å². The number of piperidine rings is 1. The second-order valence-electron chi connectivity index (χ2n) is 23.5. The number of aliphatic hydroxyl groups excluding tert-OH is 4. The van der Waals surface area contributed by atoms with Crippen molar-refractivity contribution in [1.29, 1.82) is 10.5 Å². The molecule has 1 aliphatic rings. The number of carbonyl (C=O) groups is 5. The molecule has 0 aliphatic carbocycles. The number of aryl methyl sites for hydroxylation is 1. The molecular formula is C62H82BrN15O12S. The summed E-state index contributed by atoms with van der Waals surface area (Å²) in [7, 11) is 0. The number of pyridine rings is 5. The topological polar surface area (TPSA) is 435 Å². The third kappa shape index (κ3) is 26.4. The lowest BCUT2D eigenvalue weighted by Gasteiger charge is -2.34. The molecule has 7 rings (SSSR count). The predicted molar refractivity (Wildman–Crippen MR) is 345 cm³/mol. The smallest absolute Gasteiger partial charge is 0.407 e. The standard InChI is InChI=1S/C24H29N7O2S.C13H19N3O4.C13H17N3O3.C12H17BrN2O3/c1-2-4-14-11-19(30-24-20(14)21(26)22(34-24)23(27)33)31-9-7-15(8-10-31)28-13-18(32)17-6-3-5-16(12-25)29-17;1-13(2,3)20-12(19)15-7-10(17)8-5-4-6-9(16-8)11(14)18;1-13(2,3)19-12(18)15-8-11(17)10-6-4-5-9(7-14)16-10;1-12(2,3)18-11(17)14-7-9(16)8-5-4-6-10(13)15-8/h3,5-6,11,15,18,28,32H,2,4,7-10,13,26H2,1H3,(H2,27,33);4-6,10,17H,7H2,1-3H3,(H2,14,18)(H,15,19);4-6,11,17H,8H2,1-3H3,(H,15,18);4-6,9,16H,7H2,1-3H3,(H,14,17). The number of alkyl carbamates (subject to hydrolysis) is 3. The summed E-state index contributed by atoms with van der Waals surface area (Å²) < 4.78 is 15.8. The first-order chi connectivity index (χ1) is 42.7. The van der Waals surface area contributed by atoms with Crippen LogP contribution in [0.3, 0.4) is 0 Å². The van der Waals surface area contributed by atoms with Gasteiger partial charge in [0.1, 0.15) is 90.6 Å². The Kier molecular flexibility index (Phi) is 28.8. The van der Waals surface area contributed by atoms with E-state index in [0.717, 1.165) is 60.4 Å². The van der Waals surface area contributed by atoms with Gasteiger partial charge in [-0.2, -0.15) is 10.5 Å². The van der Waals surface area contributed by atoms with Crippen molar-refractivity contribution in [2.24, 2.45) is 11.5 Å². The van der Waals surface area contributed by atoms with Crippen LogP contribution >= 0.6 is 27.3 Å². The molecule has 490 valence electrons. The maximum atomic E-state index is 11.8. The zero-order valence-electron chi connectivity index (χ0n) is 52.6. The lowest BCUT2D eigenvalue weighted by atomic mass is 10.0. The number of carbonyl (C=O) groups excluding carboxylic acids is 5. The molecule has 6 aromatic heterocycles. The Hall–Kier alpha value is -8.68. The number of amides is 5. The first-order valence-electron chi connectivity index (χ1n) is 29.0. The molecule has 0 radical (unpaired) electrons. The summed E-state index contributed by atoms with van der Waals surface area (Å²) in [6.07, 6.45) is -1.86. The van der Waals surface area contributed by atoms with Crippen LogP contribution < -0.4 is 43.4 Å². The largest absolute Gasteiger partial charge is 0.444 e. The summed E-state index contributed by atoms with van der Waals surface area (Å²) >= 11 is 4.48. The summed E-state index contributed by atoms with van der Waals surface area (Å²) in [5.41, 5.74) is 18.8. The fourth-order valence-electron chi connectivity index (χ4n) is 8.27. The van der Waals surface area contributed by atoms with Gasteiger partial charge in [-0.1, -0.05) is 37.6 Å². The van der Waals surface area contributed by atoms with Crippen LogP contribution in [0.15, 0.2) is 83.5 Å². The zero-order chi connectivity index (χ0) is 67.8. The van der Waals surface area contributed by atoms with Gasteiger partial charge in [0.2, 0.25) is 0 Å². The monoisotopic (exact) mass is 1340 g/mol. The number of hydrogen-bond donors (Lipinski definition) is 11. The van der Waals surface area contributed by atoms with Gasteiger partial charge in [-0.15, -0.1) is 11.3 Å². The maximum absolute atomic E-state index is 11.8. The lowest BCUT2D eigenvalue weighted by Crippen LogP contribution is -2.44. The van der Waals surface area contributed by atoms with Crippen LogP contribution in [-0.2, 0) is 20.6 Å². The minimum atomic E-state index is -1.05. The number of primary amides is 2. The fourth-order valence-corrected chi connectivity index (χ4v) is 9.62. The van der Waals surface area contributed by atoms with E-state index in [1.165, 1.54) is 29.5 Å². The number of rotatable bonds is 18. The van der Waals surface area contributed by atoms with Crippen molar-refractivity contribution < 1.29 is 58.6 Å². The number of thiophene rings is 1. The molecule has 14 N–H and O–H groups in total. The molecule has 1 aliphatic heterocycles. The number of fused-ring (bicyclic) bond motifs is 1. The van der Waals surface area contributed by atoms with Gasteiger partial charge in [-0.05, 0) is 158 Å². The summed E-state index contributed by atoms with van der Waals surface area (Å²) in [6, 6.07) is 25.8. The summed E-state index contributed by atoms with van der Waals surface area (Å²) in [5.74, 6) is -0.309. The minimum absolute atomic E-state index is 0.0310. The number of halogens is 1. The molecule has 91 heavy (non-hydrogen) atoms. The normalized spacial score (nSPS) is 13.7. The molecule has 27 nitrogen and oxygen atoms in total. The van der Waals surface area contributed by atoms with Crippen molar-refractivity contribution in [2.75, 3.05) is 49.9 Å². The molecule has 5 amide bonds. The van der Waals surface area contributed by atoms with E-state index < -0.39 is 71.3 Å². The Balaban J connectivity index is 0.000000271. The molecule has 4 atom stereocenters. The highest BCUT2D eigenvalue weighted by atomic mass is 79.9. The number of hydrogen-bond acceptors (Lipinski definition) is 23. The van der Waals surface area contributed by atoms with Crippen molar-refractivity contribution >= 4 is 79.1 Å². The number of nitriles is 2. The van der Waals surface area contributed by atoms with E-state index in [2.05, 4.69) is 75.0 Å². The van der Waals surface area contributed by atoms with E-state index in [-0.39, 0.29) is 42.8 Å². The Morgan fingerprint density at radius 2 is 1.05 bits per heavy atom. The van der Waals surface area contributed by atoms with E-state index in [9.17, 15) is 44.4 Å². The number of nitrogens with zero attached hydrogens (tertiary/aromatic N) is 8. The van der Waals surface area contributed by atoms with Gasteiger partial charge in [0, 0.05) is 31.1 Å². The molecule has 6 aromatic rings. The molecule has 1 fully saturated rings. The van der Waals surface area contributed by atoms with E-state index in [1.54, 1.807) is 117 Å². The number of aromatic nitrogens is 5. The van der Waals surface area contributed by atoms with Gasteiger partial charge in [-0.3, -0.25) is 9.59 Å². The first kappa shape index (κ1) is 74.8. The highest BCUT2D eigenvalue weighted by Gasteiger charge is 2.26. The first-order valence-corrected chi connectivity index (χ1v) is 30.6. The van der Waals surface area contributed by atoms with Gasteiger partial charge in [0.25, 0.3) is 11.8 Å². The number of ether oxygens (including phenoxy) is 3. The van der Waals surface area contributed by atoms with Crippen molar-refractivity contribution in [3.8, 4) is 12.1 Å². The zero-order valence-corrected chi connectivity index (χ0v) is 55.0. The molecular weight excluding hydrogens is 1260 g/mol. The Morgan fingerprint density at radius 1 is 0.637 bits per heavy atom. The number of nitrogens with one attached hydrogen (secondary N) is 4. The summed E-state index contributed by atoms with van der Waals surface area (Å²) in [5, 5.41) is 69.4. The average Bonchev–Trinajstić information content (AvgIpc) is 1.66. The van der Waals surface area contributed by atoms with Crippen molar-refractivity contribution in [1.82, 2.24) is 46.2 Å². The van der Waals surface area contributed by atoms with Crippen LogP contribution in [0, 0.1) is 22.7 Å². The summed E-state index contributed by atoms with van der Waals surface area (Å²) in [6.45, 7) is 19.9.